The molecule has 2 amide bonds. The van der Waals surface area contributed by atoms with Crippen LogP contribution in [0.4, 0.5) is 10.1 Å². The third-order valence-corrected chi connectivity index (χ3v) is 6.01. The highest BCUT2D eigenvalue weighted by Gasteiger charge is 2.50. The molecule has 25 heavy (non-hydrogen) atoms. The van der Waals surface area contributed by atoms with E-state index in [1.165, 1.54) is 0 Å². The number of halogens is 1. The van der Waals surface area contributed by atoms with Crippen LogP contribution in [0.15, 0.2) is 12.4 Å². The third kappa shape index (κ3) is 2.72. The number of hydrogen-bond acceptors (Lipinski definition) is 4. The molecule has 0 bridgehead atoms. The fraction of sp³-hybridized carbons (Fsp3) is 0.706. The Morgan fingerprint density at radius 3 is 2.72 bits per heavy atom. The van der Waals surface area contributed by atoms with Crippen molar-refractivity contribution < 1.29 is 14.0 Å². The van der Waals surface area contributed by atoms with Crippen LogP contribution < -0.4 is 4.90 Å². The highest BCUT2D eigenvalue weighted by Crippen LogP contribution is 2.37. The van der Waals surface area contributed by atoms with Crippen molar-refractivity contribution in [2.75, 3.05) is 38.1 Å². The van der Waals surface area contributed by atoms with Gasteiger partial charge in [-0.05, 0) is 26.3 Å². The second-order valence-corrected chi connectivity index (χ2v) is 7.71. The topological polar surface area (TPSA) is 61.7 Å². The molecular formula is C17H24FN5O2. The van der Waals surface area contributed by atoms with Crippen LogP contribution in [0.25, 0.3) is 0 Å². The number of carbonyl (C=O) groups excluding carboxylic acids is 2. The number of carbonyl (C=O) groups is 2. The van der Waals surface area contributed by atoms with Gasteiger partial charge >= 0.3 is 0 Å². The second-order valence-electron chi connectivity index (χ2n) is 7.71. The Kier molecular flexibility index (Phi) is 3.82. The molecule has 1 unspecified atom stereocenters. The Morgan fingerprint density at radius 2 is 2.08 bits per heavy atom. The quantitative estimate of drug-likeness (QED) is 0.776. The zero-order valence-electron chi connectivity index (χ0n) is 14.7. The SMILES string of the molecule is CN1CC(=O)N(c2cnn(C)c2)CC12CCN(C(=O)C1CC(F)C1)C2. The number of hydrogen-bond donors (Lipinski definition) is 0. The lowest BCUT2D eigenvalue weighted by molar-refractivity contribution is -0.140. The predicted octanol–water partition coefficient (Wildman–Crippen LogP) is 0.418. The van der Waals surface area contributed by atoms with Gasteiger partial charge in [-0.25, -0.2) is 4.39 Å². The molecule has 1 aromatic rings. The van der Waals surface area contributed by atoms with Crippen LogP contribution in [0, 0.1) is 5.92 Å². The largest absolute Gasteiger partial charge is 0.340 e. The number of amides is 2. The molecule has 2 aliphatic heterocycles. The Balaban J connectivity index is 1.50. The fourth-order valence-electron chi connectivity index (χ4n) is 4.24. The minimum atomic E-state index is -0.818. The summed E-state index contributed by atoms with van der Waals surface area (Å²) in [6, 6.07) is 0. The molecule has 0 radical (unpaired) electrons. The lowest BCUT2D eigenvalue weighted by atomic mass is 9.82. The van der Waals surface area contributed by atoms with Gasteiger partial charge < -0.3 is 9.80 Å². The summed E-state index contributed by atoms with van der Waals surface area (Å²) in [6.45, 7) is 2.15. The molecule has 1 saturated carbocycles. The van der Waals surface area contributed by atoms with Gasteiger partial charge in [0.15, 0.2) is 0 Å². The van der Waals surface area contributed by atoms with Crippen LogP contribution in [0.1, 0.15) is 19.3 Å². The van der Waals surface area contributed by atoms with Gasteiger partial charge in [-0.2, -0.15) is 5.10 Å². The maximum absolute atomic E-state index is 13.1. The van der Waals surface area contributed by atoms with Gasteiger partial charge in [-0.3, -0.25) is 19.2 Å². The molecule has 1 spiro atoms. The summed E-state index contributed by atoms with van der Waals surface area (Å²) in [7, 11) is 3.78. The second kappa shape index (κ2) is 5.79. The molecule has 3 heterocycles. The standard InChI is InChI=1S/C17H24FN5O2/c1-20-9-15(24)23(14-7-19-21(2)8-14)11-17(20)3-4-22(10-17)16(25)12-5-13(18)6-12/h7-8,12-13H,3-6,9-11H2,1-2H3. The maximum Gasteiger partial charge on any atom is 0.241 e. The average Bonchev–Trinajstić information content (AvgIpc) is 3.15. The van der Waals surface area contributed by atoms with Crippen LogP contribution >= 0.6 is 0 Å². The summed E-state index contributed by atoms with van der Waals surface area (Å²) in [5, 5.41) is 4.16. The van der Waals surface area contributed by atoms with Crippen molar-refractivity contribution >= 4 is 17.5 Å². The molecule has 1 aromatic heterocycles. The van der Waals surface area contributed by atoms with Gasteiger partial charge in [-0.1, -0.05) is 0 Å². The van der Waals surface area contributed by atoms with E-state index >= 15 is 0 Å². The Morgan fingerprint density at radius 1 is 1.32 bits per heavy atom. The number of likely N-dealkylation sites (tertiary alicyclic amines) is 1. The van der Waals surface area contributed by atoms with Crippen molar-refractivity contribution in [1.82, 2.24) is 19.6 Å². The molecular weight excluding hydrogens is 325 g/mol. The van der Waals surface area contributed by atoms with Crippen LogP contribution in [0.2, 0.25) is 0 Å². The Labute approximate surface area is 146 Å². The molecule has 7 nitrogen and oxygen atoms in total. The van der Waals surface area contributed by atoms with Crippen molar-refractivity contribution in [3.05, 3.63) is 12.4 Å². The summed E-state index contributed by atoms with van der Waals surface area (Å²) in [5.74, 6) is -0.0377. The first-order valence-electron chi connectivity index (χ1n) is 8.81. The first-order valence-corrected chi connectivity index (χ1v) is 8.81. The van der Waals surface area contributed by atoms with Crippen LogP contribution in [-0.4, -0.2) is 76.3 Å². The Bertz CT molecular complexity index is 701. The van der Waals surface area contributed by atoms with E-state index in [9.17, 15) is 14.0 Å². The lowest BCUT2D eigenvalue weighted by Gasteiger charge is -2.46. The molecule has 0 aromatic carbocycles. The van der Waals surface area contributed by atoms with Gasteiger partial charge in [-0.15, -0.1) is 0 Å². The number of alkyl halides is 1. The van der Waals surface area contributed by atoms with Gasteiger partial charge in [0.05, 0.1) is 24.0 Å². The van der Waals surface area contributed by atoms with Crippen molar-refractivity contribution in [3.63, 3.8) is 0 Å². The summed E-state index contributed by atoms with van der Waals surface area (Å²) in [4.78, 5) is 30.8. The van der Waals surface area contributed by atoms with E-state index in [1.807, 2.05) is 25.2 Å². The number of aryl methyl sites for hydroxylation is 1. The number of nitrogens with zero attached hydrogens (tertiary/aromatic N) is 5. The molecule has 4 rings (SSSR count). The van der Waals surface area contributed by atoms with Crippen LogP contribution in [0.3, 0.4) is 0 Å². The minimum absolute atomic E-state index is 0.0464. The molecule has 1 aliphatic carbocycles. The summed E-state index contributed by atoms with van der Waals surface area (Å²) >= 11 is 0. The number of piperazine rings is 1. The first kappa shape index (κ1) is 16.5. The molecule has 3 fully saturated rings. The summed E-state index contributed by atoms with van der Waals surface area (Å²) in [5.41, 5.74) is 0.558. The highest BCUT2D eigenvalue weighted by molar-refractivity contribution is 5.95. The minimum Gasteiger partial charge on any atom is -0.340 e. The molecule has 136 valence electrons. The Hall–Kier alpha value is -1.96. The van der Waals surface area contributed by atoms with Crippen LogP contribution in [0.5, 0.6) is 0 Å². The fourth-order valence-corrected chi connectivity index (χ4v) is 4.24. The summed E-state index contributed by atoms with van der Waals surface area (Å²) in [6.07, 6.45) is 4.26. The van der Waals surface area contributed by atoms with E-state index in [2.05, 4.69) is 10.00 Å². The van der Waals surface area contributed by atoms with E-state index in [4.69, 9.17) is 0 Å². The van der Waals surface area contributed by atoms with E-state index in [0.717, 1.165) is 12.1 Å². The van der Waals surface area contributed by atoms with E-state index in [0.29, 0.717) is 39.0 Å². The van der Waals surface area contributed by atoms with Gasteiger partial charge in [0.2, 0.25) is 11.8 Å². The normalized spacial score (nSPS) is 33.2. The molecule has 3 aliphatic rings. The van der Waals surface area contributed by atoms with Crippen molar-refractivity contribution in [2.24, 2.45) is 13.0 Å². The van der Waals surface area contributed by atoms with E-state index in [1.54, 1.807) is 15.8 Å². The number of anilines is 1. The first-order chi connectivity index (χ1) is 11.9. The van der Waals surface area contributed by atoms with Gasteiger partial charge in [0, 0.05) is 38.8 Å². The van der Waals surface area contributed by atoms with Gasteiger partial charge in [0.1, 0.15) is 6.17 Å². The van der Waals surface area contributed by atoms with Crippen LogP contribution in [-0.2, 0) is 16.6 Å². The van der Waals surface area contributed by atoms with Gasteiger partial charge in [0.25, 0.3) is 0 Å². The average molecular weight is 349 g/mol. The smallest absolute Gasteiger partial charge is 0.241 e. The van der Waals surface area contributed by atoms with E-state index in [-0.39, 0.29) is 23.3 Å². The number of rotatable bonds is 2. The monoisotopic (exact) mass is 349 g/mol. The molecule has 8 heteroatoms. The summed E-state index contributed by atoms with van der Waals surface area (Å²) < 4.78 is 14.8. The maximum atomic E-state index is 13.1. The third-order valence-electron chi connectivity index (χ3n) is 6.01. The van der Waals surface area contributed by atoms with E-state index < -0.39 is 6.17 Å². The molecule has 2 saturated heterocycles. The van der Waals surface area contributed by atoms with Crippen molar-refractivity contribution in [1.29, 1.82) is 0 Å². The van der Waals surface area contributed by atoms with Crippen molar-refractivity contribution in [2.45, 2.75) is 31.0 Å². The van der Waals surface area contributed by atoms with Crippen molar-refractivity contribution in [3.8, 4) is 0 Å². The zero-order chi connectivity index (χ0) is 17.8. The number of aromatic nitrogens is 2. The molecule has 0 N–H and O–H groups in total. The molecule has 1 atom stereocenters. The number of likely N-dealkylation sites (N-methyl/N-ethyl adjacent to an activating group) is 1. The highest BCUT2D eigenvalue weighted by atomic mass is 19.1. The lowest BCUT2D eigenvalue weighted by Crippen LogP contribution is -2.64. The zero-order valence-corrected chi connectivity index (χ0v) is 14.7. The predicted molar refractivity (Wildman–Crippen MR) is 89.7 cm³/mol.